The van der Waals surface area contributed by atoms with Crippen LogP contribution in [0.25, 0.3) is 22.1 Å². The van der Waals surface area contributed by atoms with Crippen molar-refractivity contribution in [1.29, 1.82) is 0 Å². The Balaban J connectivity index is 0.000000175. The molecule has 0 radical (unpaired) electrons. The van der Waals surface area contributed by atoms with Crippen LogP contribution in [-0.4, -0.2) is 51.4 Å². The van der Waals surface area contributed by atoms with Crippen molar-refractivity contribution in [3.63, 3.8) is 0 Å². The van der Waals surface area contributed by atoms with Crippen molar-refractivity contribution in [3.8, 4) is 0 Å². The molecule has 0 atom stereocenters. The van der Waals surface area contributed by atoms with Crippen molar-refractivity contribution < 1.29 is 19.2 Å². The van der Waals surface area contributed by atoms with Crippen molar-refractivity contribution in [2.75, 3.05) is 0 Å². The van der Waals surface area contributed by atoms with Gasteiger partial charge in [-0.15, -0.1) is 11.8 Å². The minimum atomic E-state index is -0.630. The van der Waals surface area contributed by atoms with Crippen LogP contribution in [0.1, 0.15) is 77.8 Å². The Morgan fingerprint density at radius 2 is 0.983 bits per heavy atom. The molecule has 0 spiro atoms. The molecule has 6 aromatic rings. The lowest BCUT2D eigenvalue weighted by Gasteiger charge is -2.20. The van der Waals surface area contributed by atoms with Gasteiger partial charge in [0.25, 0.3) is 11.1 Å². The third-order valence-corrected chi connectivity index (χ3v) is 11.6. The topological polar surface area (TPSA) is 182 Å². The third-order valence-electron chi connectivity index (χ3n) is 10.1. The van der Waals surface area contributed by atoms with Gasteiger partial charge in [-0.25, -0.2) is 19.6 Å². The normalized spacial score (nSPS) is 13.0. The Morgan fingerprint density at radius 3 is 1.43 bits per heavy atom. The SMILES string of the molecule is CCc1nc2c(c3c1C(=O)C(SCc1ccccc1)=CC3=O)c(=O)n(C)c(=O)n2C.CCc1nc2c(c3c1C(=O)C=CC3=O)c(=O)n(C)c(=O)n2C.SCc1ccccc1. The van der Waals surface area contributed by atoms with E-state index in [0.29, 0.717) is 34.9 Å². The number of pyridine rings is 2. The van der Waals surface area contributed by atoms with Crippen molar-refractivity contribution in [2.45, 2.75) is 38.2 Å². The fourth-order valence-electron chi connectivity index (χ4n) is 6.91. The van der Waals surface area contributed by atoms with E-state index in [1.165, 1.54) is 66.8 Å². The number of aromatic nitrogens is 6. The number of hydrogen-bond donors (Lipinski definition) is 1. The average molecular weight is 845 g/mol. The number of carbonyl (C=O) groups excluding carboxylic acids is 4. The number of rotatable bonds is 6. The number of Topliss-reactive ketones (excluding diaryl/α,β-unsaturated/α-hetero) is 1. The number of nitrogens with zero attached hydrogens (tertiary/aromatic N) is 6. The molecule has 60 heavy (non-hydrogen) atoms. The van der Waals surface area contributed by atoms with Crippen LogP contribution in [0, 0.1) is 0 Å². The van der Waals surface area contributed by atoms with E-state index >= 15 is 0 Å². The molecule has 2 aliphatic rings. The van der Waals surface area contributed by atoms with Gasteiger partial charge < -0.3 is 0 Å². The van der Waals surface area contributed by atoms with Crippen LogP contribution in [0.15, 0.2) is 103 Å². The van der Waals surface area contributed by atoms with E-state index in [1.807, 2.05) is 55.5 Å². The Hall–Kier alpha value is -6.52. The zero-order valence-corrected chi connectivity index (χ0v) is 35.3. The van der Waals surface area contributed by atoms with Crippen LogP contribution in [0.5, 0.6) is 0 Å². The number of thiol groups is 1. The number of ketones is 4. The molecule has 306 valence electrons. The van der Waals surface area contributed by atoms with Crippen LogP contribution >= 0.6 is 24.4 Å². The summed E-state index contributed by atoms with van der Waals surface area (Å²) in [5.41, 5.74) is 1.47. The minimum absolute atomic E-state index is 0.00788. The number of carbonyl (C=O) groups is 4. The first kappa shape index (κ1) is 43.1. The molecule has 0 fully saturated rings. The maximum atomic E-state index is 13.3. The summed E-state index contributed by atoms with van der Waals surface area (Å²) in [5.74, 6) is -0.129. The van der Waals surface area contributed by atoms with E-state index in [9.17, 15) is 38.4 Å². The standard InChI is InChI=1S/C22H19N3O4S.C15H13N3O4.C7H8S/c1-4-13-16-17(18-20(23-13)24(2)22(29)25(3)21(18)28)14(26)10-15(19(16)27)30-11-12-8-6-5-7-9-12;1-4-7-10-8(19)5-6-9(20)11(10)12-13(16-7)17(2)15(22)18(3)14(12)21;8-6-7-4-2-1-3-5-7/h5-10H,4,11H2,1-3H3;5-6H,4H2,1-3H3;1-5,8H,6H2. The van der Waals surface area contributed by atoms with E-state index in [4.69, 9.17) is 0 Å². The van der Waals surface area contributed by atoms with Crippen LogP contribution in [0.2, 0.25) is 0 Å². The number of hydrogen-bond acceptors (Lipinski definition) is 12. The minimum Gasteiger partial charge on any atom is -0.289 e. The van der Waals surface area contributed by atoms with Gasteiger partial charge >= 0.3 is 11.4 Å². The predicted molar refractivity (Wildman–Crippen MR) is 235 cm³/mol. The second-order valence-electron chi connectivity index (χ2n) is 13.8. The van der Waals surface area contributed by atoms with E-state index in [1.54, 1.807) is 6.92 Å². The molecule has 2 aromatic carbocycles. The smallest absolute Gasteiger partial charge is 0.289 e. The Morgan fingerprint density at radius 1 is 0.550 bits per heavy atom. The largest absolute Gasteiger partial charge is 0.332 e. The zero-order valence-electron chi connectivity index (χ0n) is 33.6. The highest BCUT2D eigenvalue weighted by Gasteiger charge is 2.33. The van der Waals surface area contributed by atoms with E-state index in [0.717, 1.165) is 26.5 Å². The van der Waals surface area contributed by atoms with Crippen LogP contribution in [0.4, 0.5) is 0 Å². The average Bonchev–Trinajstić information content (AvgIpc) is 3.27. The number of thioether (sulfide) groups is 1. The summed E-state index contributed by atoms with van der Waals surface area (Å²) in [6.07, 6.45) is 4.42. The molecule has 0 bridgehead atoms. The first-order valence-electron chi connectivity index (χ1n) is 18.8. The molecule has 8 rings (SSSR count). The Labute approximate surface area is 352 Å². The number of fused-ring (bicyclic) bond motifs is 6. The van der Waals surface area contributed by atoms with E-state index in [-0.39, 0.29) is 55.9 Å². The van der Waals surface area contributed by atoms with Gasteiger partial charge in [0, 0.05) is 45.8 Å². The molecular weight excluding hydrogens is 805 g/mol. The fraction of sp³-hybridized carbons (Fsp3) is 0.227. The lowest BCUT2D eigenvalue weighted by Crippen LogP contribution is -2.39. The molecule has 0 saturated carbocycles. The van der Waals surface area contributed by atoms with Gasteiger partial charge in [0.15, 0.2) is 17.3 Å². The van der Waals surface area contributed by atoms with Crippen molar-refractivity contribution in [3.05, 3.63) is 170 Å². The van der Waals surface area contributed by atoms with Gasteiger partial charge in [0.1, 0.15) is 11.3 Å². The highest BCUT2D eigenvalue weighted by atomic mass is 32.2. The molecule has 14 nitrogen and oxygen atoms in total. The lowest BCUT2D eigenvalue weighted by atomic mass is 9.90. The van der Waals surface area contributed by atoms with Gasteiger partial charge in [-0.2, -0.15) is 12.6 Å². The quantitative estimate of drug-likeness (QED) is 0.231. The van der Waals surface area contributed by atoms with Gasteiger partial charge in [0.2, 0.25) is 5.78 Å². The van der Waals surface area contributed by atoms with E-state index < -0.39 is 34.1 Å². The highest BCUT2D eigenvalue weighted by Crippen LogP contribution is 2.34. The van der Waals surface area contributed by atoms with Gasteiger partial charge in [0.05, 0.1) is 49.3 Å². The number of benzene rings is 2. The molecule has 0 unspecified atom stereocenters. The molecule has 4 aromatic heterocycles. The summed E-state index contributed by atoms with van der Waals surface area (Å²) < 4.78 is 4.28. The van der Waals surface area contributed by atoms with Crippen molar-refractivity contribution in [1.82, 2.24) is 28.2 Å². The molecule has 4 heterocycles. The molecule has 16 heteroatoms. The number of aryl methyl sites for hydroxylation is 4. The monoisotopic (exact) mass is 844 g/mol. The summed E-state index contributed by atoms with van der Waals surface area (Å²) in [4.78, 5) is 110. The first-order valence-corrected chi connectivity index (χ1v) is 20.4. The maximum absolute atomic E-state index is 13.3. The van der Waals surface area contributed by atoms with Gasteiger partial charge in [-0.1, -0.05) is 74.5 Å². The van der Waals surface area contributed by atoms with Crippen molar-refractivity contribution in [2.24, 2.45) is 28.2 Å². The molecule has 0 aliphatic heterocycles. The summed E-state index contributed by atoms with van der Waals surface area (Å²) in [6, 6.07) is 19.8. The fourth-order valence-corrected chi connectivity index (χ4v) is 8.06. The summed E-state index contributed by atoms with van der Waals surface area (Å²) in [5, 5.41) is 0.0213. The Bertz CT molecular complexity index is 3090. The van der Waals surface area contributed by atoms with Crippen LogP contribution in [-0.2, 0) is 52.5 Å². The number of allylic oxidation sites excluding steroid dienone is 4. The summed E-state index contributed by atoms with van der Waals surface area (Å²) in [7, 11) is 5.65. The van der Waals surface area contributed by atoms with Crippen molar-refractivity contribution >= 4 is 69.6 Å². The summed E-state index contributed by atoms with van der Waals surface area (Å²) >= 11 is 5.40. The molecule has 2 aliphatic carbocycles. The predicted octanol–water partition coefficient (Wildman–Crippen LogP) is 4.64. The van der Waals surface area contributed by atoms with Crippen LogP contribution in [0.3, 0.4) is 0 Å². The second-order valence-corrected chi connectivity index (χ2v) is 15.1. The molecule has 0 N–H and O–H groups in total. The maximum Gasteiger partial charge on any atom is 0.332 e. The second kappa shape index (κ2) is 17.8. The van der Waals surface area contributed by atoms with E-state index in [2.05, 4.69) is 34.7 Å². The lowest BCUT2D eigenvalue weighted by molar-refractivity contribution is 0.0991. The van der Waals surface area contributed by atoms with Crippen LogP contribution < -0.4 is 22.5 Å². The summed E-state index contributed by atoms with van der Waals surface area (Å²) in [6.45, 7) is 3.62. The Kier molecular flexibility index (Phi) is 12.8. The zero-order chi connectivity index (χ0) is 43.6. The third kappa shape index (κ3) is 7.82. The van der Waals surface area contributed by atoms with Gasteiger partial charge in [-0.3, -0.25) is 47.0 Å². The molecule has 0 amide bonds. The highest BCUT2D eigenvalue weighted by molar-refractivity contribution is 8.03. The first-order chi connectivity index (χ1) is 28.7. The molecule has 0 saturated heterocycles. The van der Waals surface area contributed by atoms with Gasteiger partial charge in [-0.05, 0) is 36.1 Å². The molecular formula is C44H40N6O8S2.